The van der Waals surface area contributed by atoms with Gasteiger partial charge in [0.1, 0.15) is 24.7 Å². The van der Waals surface area contributed by atoms with Gasteiger partial charge in [0.2, 0.25) is 0 Å². The van der Waals surface area contributed by atoms with Gasteiger partial charge in [-0.25, -0.2) is 0 Å². The molecule has 30 heavy (non-hydrogen) atoms. The van der Waals surface area contributed by atoms with E-state index in [2.05, 4.69) is 0 Å². The van der Waals surface area contributed by atoms with Gasteiger partial charge in [-0.05, 0) is 42.3 Å². The van der Waals surface area contributed by atoms with Gasteiger partial charge in [0, 0.05) is 0 Å². The maximum Gasteiger partial charge on any atom is 0.179 e. The van der Waals surface area contributed by atoms with Crippen molar-refractivity contribution < 1.29 is 23.4 Å². The average molecular weight is 402 g/mol. The van der Waals surface area contributed by atoms with Crippen LogP contribution in [0, 0.1) is 0 Å². The summed E-state index contributed by atoms with van der Waals surface area (Å²) in [6.45, 7) is 2.33. The van der Waals surface area contributed by atoms with E-state index in [-0.39, 0.29) is 5.78 Å². The minimum atomic E-state index is -0.101. The number of methoxy groups -OCH3 is 1. The quantitative estimate of drug-likeness (QED) is 0.349. The van der Waals surface area contributed by atoms with Crippen LogP contribution in [0.25, 0.3) is 11.0 Å². The maximum absolute atomic E-state index is 12.2. The Morgan fingerprint density at radius 3 is 2.30 bits per heavy atom. The molecule has 0 aliphatic heterocycles. The molecule has 0 radical (unpaired) electrons. The largest absolute Gasteiger partial charge is 0.493 e. The van der Waals surface area contributed by atoms with Gasteiger partial charge in [-0.1, -0.05) is 42.5 Å². The van der Waals surface area contributed by atoms with Crippen LogP contribution in [0.15, 0.2) is 77.4 Å². The Kier molecular flexibility index (Phi) is 5.70. The first kappa shape index (κ1) is 19.6. The summed E-state index contributed by atoms with van der Waals surface area (Å²) in [6.07, 6.45) is 1.56. The molecule has 0 unspecified atom stereocenters. The van der Waals surface area contributed by atoms with E-state index in [0.29, 0.717) is 41.2 Å². The van der Waals surface area contributed by atoms with Crippen LogP contribution in [0.2, 0.25) is 0 Å². The Hall–Kier alpha value is -3.73. The molecule has 0 atom stereocenters. The third-order valence-electron chi connectivity index (χ3n) is 4.81. The number of hydrogen-bond donors (Lipinski definition) is 0. The lowest BCUT2D eigenvalue weighted by Crippen LogP contribution is -2.03. The van der Waals surface area contributed by atoms with Crippen molar-refractivity contribution in [3.8, 4) is 17.2 Å². The minimum Gasteiger partial charge on any atom is -0.493 e. The smallest absolute Gasteiger partial charge is 0.179 e. The van der Waals surface area contributed by atoms with Gasteiger partial charge in [0.05, 0.1) is 24.3 Å². The molecule has 0 amide bonds. The number of ketones is 1. The number of fused-ring (bicyclic) bond motifs is 1. The molecule has 3 aromatic carbocycles. The Balaban J connectivity index is 1.48. The van der Waals surface area contributed by atoms with Gasteiger partial charge in [0.15, 0.2) is 17.1 Å². The monoisotopic (exact) mass is 402 g/mol. The molecule has 1 aromatic heterocycles. The van der Waals surface area contributed by atoms with Crippen molar-refractivity contribution in [3.63, 3.8) is 0 Å². The van der Waals surface area contributed by atoms with E-state index in [1.807, 2.05) is 54.6 Å². The number of hydrogen-bond acceptors (Lipinski definition) is 5. The summed E-state index contributed by atoms with van der Waals surface area (Å²) in [4.78, 5) is 12.2. The Bertz CT molecular complexity index is 1140. The van der Waals surface area contributed by atoms with Gasteiger partial charge < -0.3 is 18.6 Å². The molecular formula is C25H22O5. The first-order chi connectivity index (χ1) is 14.7. The van der Waals surface area contributed by atoms with Gasteiger partial charge in [0.25, 0.3) is 0 Å². The van der Waals surface area contributed by atoms with Gasteiger partial charge in [-0.15, -0.1) is 0 Å². The van der Waals surface area contributed by atoms with Crippen LogP contribution in [-0.4, -0.2) is 12.9 Å². The van der Waals surface area contributed by atoms with Crippen LogP contribution in [0.3, 0.4) is 0 Å². The molecule has 5 heteroatoms. The predicted octanol–water partition coefficient (Wildman–Crippen LogP) is 5.80. The summed E-state index contributed by atoms with van der Waals surface area (Å²) >= 11 is 0. The molecule has 0 aliphatic carbocycles. The van der Waals surface area contributed by atoms with Crippen LogP contribution in [0.4, 0.5) is 0 Å². The Morgan fingerprint density at radius 1 is 0.900 bits per heavy atom. The number of furan rings is 1. The van der Waals surface area contributed by atoms with E-state index in [0.717, 1.165) is 16.9 Å². The second-order valence-electron chi connectivity index (χ2n) is 6.88. The fourth-order valence-corrected chi connectivity index (χ4v) is 3.23. The molecule has 0 saturated heterocycles. The van der Waals surface area contributed by atoms with E-state index in [4.69, 9.17) is 18.6 Å². The molecule has 4 rings (SSSR count). The maximum atomic E-state index is 12.2. The topological polar surface area (TPSA) is 57.9 Å². The first-order valence-electron chi connectivity index (χ1n) is 9.63. The highest BCUT2D eigenvalue weighted by Gasteiger charge is 2.19. The summed E-state index contributed by atoms with van der Waals surface area (Å²) < 4.78 is 22.7. The molecule has 152 valence electrons. The number of rotatable bonds is 8. The second-order valence-corrected chi connectivity index (χ2v) is 6.88. The molecule has 4 aromatic rings. The van der Waals surface area contributed by atoms with E-state index < -0.39 is 0 Å². The summed E-state index contributed by atoms with van der Waals surface area (Å²) in [5.74, 6) is 1.69. The fourth-order valence-electron chi connectivity index (χ4n) is 3.23. The zero-order valence-corrected chi connectivity index (χ0v) is 16.9. The van der Waals surface area contributed by atoms with Crippen LogP contribution in [-0.2, 0) is 13.2 Å². The molecular weight excluding hydrogens is 380 g/mol. The number of carbonyl (C=O) groups is 1. The Labute approximate surface area is 174 Å². The van der Waals surface area contributed by atoms with Crippen molar-refractivity contribution in [2.75, 3.05) is 7.11 Å². The van der Waals surface area contributed by atoms with Crippen molar-refractivity contribution in [2.45, 2.75) is 20.1 Å². The van der Waals surface area contributed by atoms with Crippen LogP contribution in [0.1, 0.15) is 28.4 Å². The zero-order valence-electron chi connectivity index (χ0n) is 16.9. The molecule has 1 heterocycles. The first-order valence-corrected chi connectivity index (χ1v) is 9.63. The van der Waals surface area contributed by atoms with Crippen LogP contribution >= 0.6 is 0 Å². The number of benzene rings is 3. The van der Waals surface area contributed by atoms with Crippen LogP contribution < -0.4 is 14.2 Å². The van der Waals surface area contributed by atoms with Crippen molar-refractivity contribution >= 4 is 16.8 Å². The average Bonchev–Trinajstić information content (AvgIpc) is 3.27. The SMILES string of the molecule is COc1cc(C(C)=O)c(OCc2ccc(OCc3ccccc3)cc2)c2ccoc12. The molecule has 0 N–H and O–H groups in total. The number of Topliss-reactive ketones (excluding diaryl/α,β-unsaturated/α-hetero) is 1. The lowest BCUT2D eigenvalue weighted by Gasteiger charge is -2.13. The molecule has 0 bridgehead atoms. The minimum absolute atomic E-state index is 0.101. The highest BCUT2D eigenvalue weighted by Crippen LogP contribution is 2.38. The molecule has 0 fully saturated rings. The summed E-state index contributed by atoms with van der Waals surface area (Å²) in [5, 5.41) is 0.711. The van der Waals surface area contributed by atoms with Crippen molar-refractivity contribution in [1.82, 2.24) is 0 Å². The highest BCUT2D eigenvalue weighted by molar-refractivity contribution is 6.04. The van der Waals surface area contributed by atoms with Gasteiger partial charge in [-0.3, -0.25) is 4.79 Å². The predicted molar refractivity (Wildman–Crippen MR) is 114 cm³/mol. The van der Waals surface area contributed by atoms with Crippen molar-refractivity contribution in [1.29, 1.82) is 0 Å². The van der Waals surface area contributed by atoms with E-state index in [1.54, 1.807) is 25.5 Å². The molecule has 5 nitrogen and oxygen atoms in total. The summed E-state index contributed by atoms with van der Waals surface area (Å²) in [5.41, 5.74) is 3.10. The lowest BCUT2D eigenvalue weighted by molar-refractivity contribution is 0.101. The van der Waals surface area contributed by atoms with E-state index in [1.165, 1.54) is 6.92 Å². The zero-order chi connectivity index (χ0) is 20.9. The summed E-state index contributed by atoms with van der Waals surface area (Å²) in [6, 6.07) is 21.2. The molecule has 0 spiro atoms. The second kappa shape index (κ2) is 8.74. The third-order valence-corrected chi connectivity index (χ3v) is 4.81. The normalized spacial score (nSPS) is 10.7. The third kappa shape index (κ3) is 4.15. The molecule has 0 saturated carbocycles. The van der Waals surface area contributed by atoms with E-state index >= 15 is 0 Å². The highest BCUT2D eigenvalue weighted by atomic mass is 16.5. The van der Waals surface area contributed by atoms with Crippen molar-refractivity contribution in [2.24, 2.45) is 0 Å². The van der Waals surface area contributed by atoms with Gasteiger partial charge >= 0.3 is 0 Å². The fraction of sp³-hybridized carbons (Fsp3) is 0.160. The summed E-state index contributed by atoms with van der Waals surface area (Å²) in [7, 11) is 1.54. The number of carbonyl (C=O) groups excluding carboxylic acids is 1. The Morgan fingerprint density at radius 2 is 1.60 bits per heavy atom. The van der Waals surface area contributed by atoms with Crippen LogP contribution in [0.5, 0.6) is 17.2 Å². The van der Waals surface area contributed by atoms with E-state index in [9.17, 15) is 4.79 Å². The lowest BCUT2D eigenvalue weighted by atomic mass is 10.1. The van der Waals surface area contributed by atoms with Crippen molar-refractivity contribution in [3.05, 3.63) is 89.7 Å². The standard InChI is InChI=1S/C25H22O5/c1-17(26)22-14-23(27-2)25-21(12-13-28-25)24(22)30-16-19-8-10-20(11-9-19)29-15-18-6-4-3-5-7-18/h3-14H,15-16H2,1-2H3. The van der Waals surface area contributed by atoms with Gasteiger partial charge in [-0.2, -0.15) is 0 Å². The number of ether oxygens (including phenoxy) is 3. The molecule has 0 aliphatic rings.